The lowest BCUT2D eigenvalue weighted by atomic mass is 9.98. The minimum atomic E-state index is -0.198. The van der Waals surface area contributed by atoms with E-state index in [2.05, 4.69) is 28.1 Å². The lowest BCUT2D eigenvalue weighted by molar-refractivity contribution is 0.104. The van der Waals surface area contributed by atoms with Crippen LogP contribution in [0.4, 0.5) is 4.79 Å². The quantitative estimate of drug-likeness (QED) is 0.556. The maximum atomic E-state index is 12.5. The zero-order valence-corrected chi connectivity index (χ0v) is 19.3. The third-order valence-corrected chi connectivity index (χ3v) is 6.67. The van der Waals surface area contributed by atoms with Gasteiger partial charge < -0.3 is 14.6 Å². The van der Waals surface area contributed by atoms with Crippen molar-refractivity contribution in [3.8, 4) is 17.4 Å². The molecule has 2 aliphatic heterocycles. The number of piperidine rings is 1. The summed E-state index contributed by atoms with van der Waals surface area (Å²) in [6.45, 7) is 5.07. The first-order chi connectivity index (χ1) is 16.6. The van der Waals surface area contributed by atoms with Gasteiger partial charge in [0.2, 0.25) is 5.88 Å². The number of aryl methyl sites for hydroxylation is 1. The summed E-state index contributed by atoms with van der Waals surface area (Å²) < 4.78 is 11.2. The van der Waals surface area contributed by atoms with E-state index in [4.69, 9.17) is 9.47 Å². The lowest BCUT2D eigenvalue weighted by Gasteiger charge is -2.38. The molecule has 1 atom stereocenters. The van der Waals surface area contributed by atoms with E-state index in [1.165, 1.54) is 5.56 Å². The Balaban J connectivity index is 1.18. The average molecular weight is 460 g/mol. The molecule has 1 N–H and O–H groups in total. The number of phenolic OH excluding ortho intramolecular Hbond substituents is 1. The molecule has 2 saturated heterocycles. The van der Waals surface area contributed by atoms with Crippen LogP contribution in [0.2, 0.25) is 0 Å². The topological polar surface area (TPSA) is 75.1 Å². The Hall–Kier alpha value is -3.58. The van der Waals surface area contributed by atoms with Crippen molar-refractivity contribution < 1.29 is 19.4 Å². The van der Waals surface area contributed by atoms with Crippen molar-refractivity contribution in [2.45, 2.75) is 38.4 Å². The number of phenols is 1. The third-order valence-electron chi connectivity index (χ3n) is 6.67. The highest BCUT2D eigenvalue weighted by Crippen LogP contribution is 2.33. The molecule has 176 valence electrons. The van der Waals surface area contributed by atoms with Crippen molar-refractivity contribution in [3.05, 3.63) is 83.6 Å². The van der Waals surface area contributed by atoms with E-state index in [1.54, 1.807) is 24.3 Å². The molecule has 5 rings (SSSR count). The molecule has 7 nitrogen and oxygen atoms in total. The van der Waals surface area contributed by atoms with Gasteiger partial charge in [-0.2, -0.15) is 0 Å². The number of hydrogen-bond acceptors (Lipinski definition) is 6. The largest absolute Gasteiger partial charge is 0.508 e. The Kier molecular flexibility index (Phi) is 6.36. The SMILES string of the molecule is Cc1nc(Oc2ccc(O)cc2)ccc1CN1CCC(N2C(=O)OCC2c2ccccc2)CC1. The normalized spacial score (nSPS) is 19.3. The maximum absolute atomic E-state index is 12.5. The number of carbonyl (C=O) groups is 1. The van der Waals surface area contributed by atoms with Crippen LogP contribution >= 0.6 is 0 Å². The van der Waals surface area contributed by atoms with E-state index < -0.39 is 0 Å². The van der Waals surface area contributed by atoms with Gasteiger partial charge in [-0.05, 0) is 55.2 Å². The van der Waals surface area contributed by atoms with Crippen LogP contribution in [0, 0.1) is 6.92 Å². The number of amides is 1. The number of aromatic nitrogens is 1. The van der Waals surface area contributed by atoms with Gasteiger partial charge in [-0.3, -0.25) is 9.80 Å². The highest BCUT2D eigenvalue weighted by atomic mass is 16.6. The number of aromatic hydroxyl groups is 1. The zero-order valence-electron chi connectivity index (χ0n) is 19.3. The summed E-state index contributed by atoms with van der Waals surface area (Å²) >= 11 is 0. The predicted molar refractivity (Wildman–Crippen MR) is 128 cm³/mol. The number of benzene rings is 2. The van der Waals surface area contributed by atoms with Crippen LogP contribution in [-0.2, 0) is 11.3 Å². The number of ether oxygens (including phenoxy) is 2. The zero-order chi connectivity index (χ0) is 23.5. The van der Waals surface area contributed by atoms with Gasteiger partial charge in [0.15, 0.2) is 0 Å². The molecule has 2 aliphatic rings. The molecule has 1 amide bonds. The molecular formula is C27H29N3O4. The molecule has 0 spiro atoms. The first-order valence-corrected chi connectivity index (χ1v) is 11.7. The van der Waals surface area contributed by atoms with E-state index in [9.17, 15) is 9.90 Å². The number of cyclic esters (lactones) is 1. The highest BCUT2D eigenvalue weighted by molar-refractivity contribution is 5.71. The number of pyridine rings is 1. The number of likely N-dealkylation sites (tertiary alicyclic amines) is 1. The molecule has 1 unspecified atom stereocenters. The Morgan fingerprint density at radius 3 is 2.47 bits per heavy atom. The summed E-state index contributed by atoms with van der Waals surface area (Å²) in [6, 6.07) is 20.9. The minimum absolute atomic E-state index is 0.00202. The minimum Gasteiger partial charge on any atom is -0.508 e. The van der Waals surface area contributed by atoms with Crippen LogP contribution in [0.5, 0.6) is 17.4 Å². The molecule has 3 aromatic rings. The second-order valence-electron chi connectivity index (χ2n) is 8.91. The highest BCUT2D eigenvalue weighted by Gasteiger charge is 2.40. The number of nitrogens with zero attached hydrogens (tertiary/aromatic N) is 3. The van der Waals surface area contributed by atoms with Gasteiger partial charge in [0, 0.05) is 37.4 Å². The molecule has 3 heterocycles. The van der Waals surface area contributed by atoms with Crippen LogP contribution in [0.15, 0.2) is 66.7 Å². The Morgan fingerprint density at radius 1 is 1.03 bits per heavy atom. The van der Waals surface area contributed by atoms with Crippen molar-refractivity contribution in [2.24, 2.45) is 0 Å². The monoisotopic (exact) mass is 459 g/mol. The van der Waals surface area contributed by atoms with E-state index in [0.717, 1.165) is 43.7 Å². The van der Waals surface area contributed by atoms with Crippen molar-refractivity contribution in [1.29, 1.82) is 0 Å². The maximum Gasteiger partial charge on any atom is 0.410 e. The second kappa shape index (κ2) is 9.73. The number of rotatable bonds is 6. The third kappa shape index (κ3) is 4.84. The molecule has 34 heavy (non-hydrogen) atoms. The summed E-state index contributed by atoms with van der Waals surface area (Å²) in [6.07, 6.45) is 1.65. The van der Waals surface area contributed by atoms with Gasteiger partial charge in [0.1, 0.15) is 18.1 Å². The summed E-state index contributed by atoms with van der Waals surface area (Å²) in [5, 5.41) is 9.41. The van der Waals surface area contributed by atoms with E-state index in [-0.39, 0.29) is 23.9 Å². The molecule has 2 fully saturated rings. The van der Waals surface area contributed by atoms with Crippen molar-refractivity contribution in [2.75, 3.05) is 19.7 Å². The first kappa shape index (κ1) is 22.2. The lowest BCUT2D eigenvalue weighted by Crippen LogP contribution is -2.46. The van der Waals surface area contributed by atoms with Gasteiger partial charge >= 0.3 is 6.09 Å². The standard InChI is InChI=1S/C27H29N3O4/c1-19-21(7-12-26(28-19)34-24-10-8-23(31)9-11-24)17-29-15-13-22(14-16-29)30-25(18-33-27(30)32)20-5-3-2-4-6-20/h2-12,22,25,31H,13-18H2,1H3. The van der Waals surface area contributed by atoms with E-state index in [1.807, 2.05) is 36.1 Å². The summed E-state index contributed by atoms with van der Waals surface area (Å²) in [5.74, 6) is 1.37. The van der Waals surface area contributed by atoms with Crippen LogP contribution in [0.3, 0.4) is 0 Å². The van der Waals surface area contributed by atoms with E-state index >= 15 is 0 Å². The molecular weight excluding hydrogens is 430 g/mol. The molecule has 2 aromatic carbocycles. The molecule has 7 heteroatoms. The summed E-state index contributed by atoms with van der Waals surface area (Å²) in [4.78, 5) is 21.5. The fourth-order valence-corrected chi connectivity index (χ4v) is 4.79. The van der Waals surface area contributed by atoms with Crippen molar-refractivity contribution >= 4 is 6.09 Å². The van der Waals surface area contributed by atoms with Crippen LogP contribution in [0.1, 0.15) is 35.7 Å². The molecule has 0 aliphatic carbocycles. The van der Waals surface area contributed by atoms with Crippen LogP contribution in [0.25, 0.3) is 0 Å². The predicted octanol–water partition coefficient (Wildman–Crippen LogP) is 5.05. The molecule has 1 aromatic heterocycles. The van der Waals surface area contributed by atoms with E-state index in [0.29, 0.717) is 18.2 Å². The van der Waals surface area contributed by atoms with Gasteiger partial charge in [-0.15, -0.1) is 0 Å². The van der Waals surface area contributed by atoms with Gasteiger partial charge in [-0.1, -0.05) is 36.4 Å². The van der Waals surface area contributed by atoms with Gasteiger partial charge in [0.05, 0.1) is 6.04 Å². The molecule has 0 saturated carbocycles. The van der Waals surface area contributed by atoms with Crippen LogP contribution in [-0.4, -0.2) is 51.7 Å². The summed E-state index contributed by atoms with van der Waals surface area (Å²) in [7, 11) is 0. The Labute approximate surface area is 199 Å². The number of hydrogen-bond donors (Lipinski definition) is 1. The number of carbonyl (C=O) groups excluding carboxylic acids is 1. The fraction of sp³-hybridized carbons (Fsp3) is 0.333. The fourth-order valence-electron chi connectivity index (χ4n) is 4.79. The summed E-state index contributed by atoms with van der Waals surface area (Å²) in [5.41, 5.74) is 3.23. The van der Waals surface area contributed by atoms with Crippen molar-refractivity contribution in [1.82, 2.24) is 14.8 Å². The Bertz CT molecular complexity index is 1130. The molecule has 0 bridgehead atoms. The van der Waals surface area contributed by atoms with Gasteiger partial charge in [0.25, 0.3) is 0 Å². The second-order valence-corrected chi connectivity index (χ2v) is 8.91. The van der Waals surface area contributed by atoms with Gasteiger partial charge in [-0.25, -0.2) is 9.78 Å². The smallest absolute Gasteiger partial charge is 0.410 e. The van der Waals surface area contributed by atoms with Crippen molar-refractivity contribution in [3.63, 3.8) is 0 Å². The first-order valence-electron chi connectivity index (χ1n) is 11.7. The Morgan fingerprint density at radius 2 is 1.76 bits per heavy atom. The molecule has 0 radical (unpaired) electrons. The van der Waals surface area contributed by atoms with Crippen LogP contribution < -0.4 is 4.74 Å². The average Bonchev–Trinajstić information content (AvgIpc) is 3.24.